The molecule has 0 aromatic carbocycles. The molecule has 0 bridgehead atoms. The van der Waals surface area contributed by atoms with Gasteiger partial charge >= 0.3 is 0 Å². The molecule has 1 rings (SSSR count). The van der Waals surface area contributed by atoms with E-state index in [0.29, 0.717) is 0 Å². The summed E-state index contributed by atoms with van der Waals surface area (Å²) in [4.78, 5) is 5.17. The van der Waals surface area contributed by atoms with Gasteiger partial charge in [0.1, 0.15) is 0 Å². The Balaban J connectivity index is 1.92. The first-order valence-corrected chi connectivity index (χ1v) is 7.95. The fourth-order valence-electron chi connectivity index (χ4n) is 2.52. The first kappa shape index (κ1) is 16.9. The average Bonchev–Trinajstić information content (AvgIpc) is 2.39. The highest BCUT2D eigenvalue weighted by molar-refractivity contribution is 4.73. The average molecular weight is 271 g/mol. The smallest absolute Gasteiger partial charge is 0.0477 e. The molecule has 1 aliphatic rings. The lowest BCUT2D eigenvalue weighted by atomic mass is 10.2. The second kappa shape index (κ2) is 10.6. The Morgan fingerprint density at radius 2 is 1.74 bits per heavy atom. The van der Waals surface area contributed by atoms with Crippen molar-refractivity contribution in [1.82, 2.24) is 15.1 Å². The van der Waals surface area contributed by atoms with Gasteiger partial charge in [-0.25, -0.2) is 0 Å². The summed E-state index contributed by atoms with van der Waals surface area (Å²) in [7, 11) is 0. The van der Waals surface area contributed by atoms with E-state index < -0.39 is 0 Å². The maximum Gasteiger partial charge on any atom is 0.0477 e. The predicted molar refractivity (Wildman–Crippen MR) is 81.7 cm³/mol. The molecule has 0 saturated carbocycles. The van der Waals surface area contributed by atoms with Crippen molar-refractivity contribution in [2.24, 2.45) is 5.92 Å². The molecule has 0 amide bonds. The van der Waals surface area contributed by atoms with Crippen LogP contribution in [-0.4, -0.2) is 75.4 Å². The summed E-state index contributed by atoms with van der Waals surface area (Å²) in [6.07, 6.45) is 1.12. The van der Waals surface area contributed by atoms with Gasteiger partial charge in [0.25, 0.3) is 0 Å². The molecule has 4 heteroatoms. The molecule has 0 aliphatic carbocycles. The Morgan fingerprint density at radius 1 is 1.05 bits per heavy atom. The Bertz CT molecular complexity index is 204. The van der Waals surface area contributed by atoms with Gasteiger partial charge in [0.05, 0.1) is 0 Å². The normalized spacial score (nSPS) is 18.3. The quantitative estimate of drug-likeness (QED) is 0.606. The lowest BCUT2D eigenvalue weighted by Crippen LogP contribution is -2.48. The summed E-state index contributed by atoms with van der Waals surface area (Å²) in [5.41, 5.74) is 0. The first-order valence-electron chi connectivity index (χ1n) is 7.95. The van der Waals surface area contributed by atoms with Gasteiger partial charge in [-0.1, -0.05) is 13.8 Å². The van der Waals surface area contributed by atoms with Crippen molar-refractivity contribution in [3.05, 3.63) is 0 Å². The van der Waals surface area contributed by atoms with Gasteiger partial charge in [-0.2, -0.15) is 0 Å². The summed E-state index contributed by atoms with van der Waals surface area (Å²) in [5, 5.41) is 3.50. The zero-order chi connectivity index (χ0) is 13.9. The maximum atomic E-state index is 5.32. The number of rotatable bonds is 10. The molecule has 1 heterocycles. The Kier molecular flexibility index (Phi) is 9.43. The number of hydrogen-bond donors (Lipinski definition) is 1. The Morgan fingerprint density at radius 3 is 2.37 bits per heavy atom. The first-order chi connectivity index (χ1) is 9.22. The van der Waals surface area contributed by atoms with Crippen LogP contribution in [0.2, 0.25) is 0 Å². The Hall–Kier alpha value is -0.160. The van der Waals surface area contributed by atoms with E-state index >= 15 is 0 Å². The molecular formula is C15H33N3O. The molecule has 1 aliphatic heterocycles. The number of ether oxygens (including phenoxy) is 1. The second-order valence-corrected chi connectivity index (χ2v) is 5.84. The van der Waals surface area contributed by atoms with Crippen molar-refractivity contribution in [1.29, 1.82) is 0 Å². The minimum Gasteiger partial charge on any atom is -0.382 e. The summed E-state index contributed by atoms with van der Waals surface area (Å²) in [5.74, 6) is 0.790. The predicted octanol–water partition coefficient (Wildman–Crippen LogP) is 1.28. The largest absolute Gasteiger partial charge is 0.382 e. The van der Waals surface area contributed by atoms with Crippen LogP contribution in [0.25, 0.3) is 0 Å². The maximum absolute atomic E-state index is 5.32. The van der Waals surface area contributed by atoms with Crippen LogP contribution in [0.1, 0.15) is 27.2 Å². The van der Waals surface area contributed by atoms with E-state index in [9.17, 15) is 0 Å². The topological polar surface area (TPSA) is 27.7 Å². The van der Waals surface area contributed by atoms with Crippen molar-refractivity contribution in [3.8, 4) is 0 Å². The van der Waals surface area contributed by atoms with E-state index in [0.717, 1.165) is 38.6 Å². The lowest BCUT2D eigenvalue weighted by Gasteiger charge is -2.35. The van der Waals surface area contributed by atoms with Crippen LogP contribution < -0.4 is 5.32 Å². The van der Waals surface area contributed by atoms with Crippen molar-refractivity contribution < 1.29 is 4.74 Å². The van der Waals surface area contributed by atoms with E-state index in [1.54, 1.807) is 0 Å². The van der Waals surface area contributed by atoms with Gasteiger partial charge < -0.3 is 15.0 Å². The standard InChI is InChI=1S/C15H33N3O/c1-4-19-13-5-6-16-7-8-17-9-11-18(12-10-17)14-15(2)3/h15-16H,4-14H2,1-3H3. The van der Waals surface area contributed by atoms with E-state index in [2.05, 4.69) is 29.0 Å². The minimum atomic E-state index is 0.790. The van der Waals surface area contributed by atoms with Crippen LogP contribution in [0.4, 0.5) is 0 Å². The molecule has 1 saturated heterocycles. The van der Waals surface area contributed by atoms with Crippen molar-refractivity contribution >= 4 is 0 Å². The minimum absolute atomic E-state index is 0.790. The van der Waals surface area contributed by atoms with E-state index in [1.807, 2.05) is 6.92 Å². The molecule has 0 atom stereocenters. The highest BCUT2D eigenvalue weighted by atomic mass is 16.5. The molecule has 19 heavy (non-hydrogen) atoms. The Labute approximate surface area is 119 Å². The highest BCUT2D eigenvalue weighted by Crippen LogP contribution is 2.04. The van der Waals surface area contributed by atoms with E-state index in [1.165, 1.54) is 39.3 Å². The molecular weight excluding hydrogens is 238 g/mol. The van der Waals surface area contributed by atoms with Gasteiger partial charge in [-0.05, 0) is 25.8 Å². The van der Waals surface area contributed by atoms with Crippen LogP contribution >= 0.6 is 0 Å². The van der Waals surface area contributed by atoms with Crippen molar-refractivity contribution in [3.63, 3.8) is 0 Å². The third-order valence-corrected chi connectivity index (χ3v) is 3.54. The summed E-state index contributed by atoms with van der Waals surface area (Å²) in [6, 6.07) is 0. The molecule has 114 valence electrons. The van der Waals surface area contributed by atoms with Gasteiger partial charge in [-0.3, -0.25) is 4.90 Å². The SMILES string of the molecule is CCOCCCNCCN1CCN(CC(C)C)CC1. The van der Waals surface area contributed by atoms with Crippen LogP contribution in [0.3, 0.4) is 0 Å². The number of hydrogen-bond acceptors (Lipinski definition) is 4. The zero-order valence-corrected chi connectivity index (χ0v) is 13.2. The van der Waals surface area contributed by atoms with Gasteiger partial charge in [0.2, 0.25) is 0 Å². The summed E-state index contributed by atoms with van der Waals surface area (Å²) >= 11 is 0. The summed E-state index contributed by atoms with van der Waals surface area (Å²) < 4.78 is 5.32. The molecule has 0 radical (unpaired) electrons. The zero-order valence-electron chi connectivity index (χ0n) is 13.2. The fourth-order valence-corrected chi connectivity index (χ4v) is 2.52. The van der Waals surface area contributed by atoms with Crippen LogP contribution in [0.15, 0.2) is 0 Å². The number of nitrogens with zero attached hydrogens (tertiary/aromatic N) is 2. The van der Waals surface area contributed by atoms with Crippen LogP contribution in [0, 0.1) is 5.92 Å². The molecule has 1 N–H and O–H groups in total. The number of nitrogens with one attached hydrogen (secondary N) is 1. The van der Waals surface area contributed by atoms with Crippen molar-refractivity contribution in [2.75, 3.05) is 65.6 Å². The third-order valence-electron chi connectivity index (χ3n) is 3.54. The highest BCUT2D eigenvalue weighted by Gasteiger charge is 2.16. The molecule has 0 spiro atoms. The molecule has 0 aromatic rings. The van der Waals surface area contributed by atoms with Gasteiger partial charge in [0, 0.05) is 59.0 Å². The third kappa shape index (κ3) is 8.58. The van der Waals surface area contributed by atoms with Crippen LogP contribution in [0.5, 0.6) is 0 Å². The molecule has 1 fully saturated rings. The monoisotopic (exact) mass is 271 g/mol. The molecule has 4 nitrogen and oxygen atoms in total. The van der Waals surface area contributed by atoms with Gasteiger partial charge in [-0.15, -0.1) is 0 Å². The van der Waals surface area contributed by atoms with Crippen molar-refractivity contribution in [2.45, 2.75) is 27.2 Å². The van der Waals surface area contributed by atoms with E-state index in [-0.39, 0.29) is 0 Å². The van der Waals surface area contributed by atoms with Crippen LogP contribution in [-0.2, 0) is 4.74 Å². The molecule has 0 unspecified atom stereocenters. The second-order valence-electron chi connectivity index (χ2n) is 5.84. The summed E-state index contributed by atoms with van der Waals surface area (Å²) in [6.45, 7) is 17.9. The van der Waals surface area contributed by atoms with Gasteiger partial charge in [0.15, 0.2) is 0 Å². The fraction of sp³-hybridized carbons (Fsp3) is 1.00. The van der Waals surface area contributed by atoms with E-state index in [4.69, 9.17) is 4.74 Å². The number of piperazine rings is 1. The molecule has 0 aromatic heterocycles. The lowest BCUT2D eigenvalue weighted by molar-refractivity contribution is 0.122.